The molecule has 0 spiro atoms. The lowest BCUT2D eigenvalue weighted by atomic mass is 10.2. The molecule has 0 aliphatic carbocycles. The van der Waals surface area contributed by atoms with Gasteiger partial charge in [-0.05, 0) is 49.2 Å². The number of ether oxygens (including phenoxy) is 4. The van der Waals surface area contributed by atoms with Crippen molar-refractivity contribution in [3.05, 3.63) is 46.5 Å². The molecule has 0 bridgehead atoms. The molecule has 0 saturated heterocycles. The van der Waals surface area contributed by atoms with Crippen LogP contribution in [0.1, 0.15) is 36.2 Å². The summed E-state index contributed by atoms with van der Waals surface area (Å²) >= 11 is 6.28. The Labute approximate surface area is 187 Å². The Kier molecular flexibility index (Phi) is 9.53. The number of hydrogen-bond acceptors (Lipinski definition) is 6. The summed E-state index contributed by atoms with van der Waals surface area (Å²) in [7, 11) is 1.52. The van der Waals surface area contributed by atoms with Crippen LogP contribution in [0.3, 0.4) is 0 Å². The summed E-state index contributed by atoms with van der Waals surface area (Å²) in [6, 6.07) is 8.25. The quantitative estimate of drug-likeness (QED) is 0.317. The molecule has 0 aliphatic rings. The number of terminal acetylenes is 1. The van der Waals surface area contributed by atoms with Crippen LogP contribution in [-0.2, 0) is 0 Å². The maximum absolute atomic E-state index is 12.4. The Bertz CT molecular complexity index is 969. The molecule has 0 radical (unpaired) electrons. The van der Waals surface area contributed by atoms with Crippen molar-refractivity contribution in [3.8, 4) is 35.3 Å². The molecule has 31 heavy (non-hydrogen) atoms. The van der Waals surface area contributed by atoms with Crippen molar-refractivity contribution < 1.29 is 23.7 Å². The summed E-state index contributed by atoms with van der Waals surface area (Å²) in [5.74, 6) is 3.83. The van der Waals surface area contributed by atoms with Gasteiger partial charge in [-0.1, -0.05) is 24.4 Å². The minimum atomic E-state index is -0.401. The van der Waals surface area contributed by atoms with Gasteiger partial charge in [-0.3, -0.25) is 4.79 Å². The highest BCUT2D eigenvalue weighted by atomic mass is 35.5. The third kappa shape index (κ3) is 6.83. The predicted molar refractivity (Wildman–Crippen MR) is 121 cm³/mol. The Balaban J connectivity index is 2.12. The van der Waals surface area contributed by atoms with Crippen molar-refractivity contribution in [2.24, 2.45) is 5.10 Å². The zero-order chi connectivity index (χ0) is 22.6. The van der Waals surface area contributed by atoms with E-state index in [1.807, 2.05) is 13.8 Å². The normalized spacial score (nSPS) is 10.4. The van der Waals surface area contributed by atoms with Crippen molar-refractivity contribution in [2.45, 2.75) is 20.3 Å². The molecule has 0 saturated carbocycles. The third-order valence-electron chi connectivity index (χ3n) is 3.90. The average Bonchev–Trinajstić information content (AvgIpc) is 2.77. The molecular weight excluding hydrogens is 420 g/mol. The molecule has 1 N–H and O–H groups in total. The summed E-state index contributed by atoms with van der Waals surface area (Å²) in [6.07, 6.45) is 7.55. The smallest absolute Gasteiger partial charge is 0.271 e. The Morgan fingerprint density at radius 3 is 2.65 bits per heavy atom. The molecule has 8 heteroatoms. The van der Waals surface area contributed by atoms with Crippen molar-refractivity contribution in [1.29, 1.82) is 0 Å². The number of hydrazone groups is 1. The summed E-state index contributed by atoms with van der Waals surface area (Å²) in [5.41, 5.74) is 3.47. The van der Waals surface area contributed by atoms with Gasteiger partial charge in [0.15, 0.2) is 23.0 Å². The van der Waals surface area contributed by atoms with Gasteiger partial charge in [-0.15, -0.1) is 6.42 Å². The maximum Gasteiger partial charge on any atom is 0.271 e. The lowest BCUT2D eigenvalue weighted by Gasteiger charge is -2.13. The second-order valence-electron chi connectivity index (χ2n) is 6.17. The molecular formula is C23H25ClN2O5. The number of carbonyl (C=O) groups excluding carboxylic acids is 1. The number of amides is 1. The van der Waals surface area contributed by atoms with Crippen LogP contribution in [0.2, 0.25) is 5.02 Å². The lowest BCUT2D eigenvalue weighted by Crippen LogP contribution is -2.17. The van der Waals surface area contributed by atoms with E-state index in [2.05, 4.69) is 16.4 Å². The molecule has 0 aromatic heterocycles. The number of halogens is 1. The number of methoxy groups -OCH3 is 1. The average molecular weight is 445 g/mol. The van der Waals surface area contributed by atoms with E-state index in [0.29, 0.717) is 52.4 Å². The highest BCUT2D eigenvalue weighted by Crippen LogP contribution is 2.36. The van der Waals surface area contributed by atoms with Crippen LogP contribution in [0.5, 0.6) is 23.0 Å². The van der Waals surface area contributed by atoms with E-state index >= 15 is 0 Å². The fourth-order valence-corrected chi connectivity index (χ4v) is 2.82. The third-order valence-corrected chi connectivity index (χ3v) is 4.18. The zero-order valence-electron chi connectivity index (χ0n) is 17.7. The van der Waals surface area contributed by atoms with E-state index in [0.717, 1.165) is 6.42 Å². The SMILES string of the molecule is C#CCOc1c(Cl)cc(/C=N/NC(=O)c2ccc(OCCC)c(OC)c2)cc1OCC. The van der Waals surface area contributed by atoms with Gasteiger partial charge in [0.25, 0.3) is 5.91 Å². The first-order valence-corrected chi connectivity index (χ1v) is 10.1. The van der Waals surface area contributed by atoms with E-state index in [4.69, 9.17) is 37.0 Å². The summed E-state index contributed by atoms with van der Waals surface area (Å²) in [4.78, 5) is 12.4. The number of nitrogens with one attached hydrogen (secondary N) is 1. The minimum absolute atomic E-state index is 0.0645. The molecule has 2 rings (SSSR count). The maximum atomic E-state index is 12.4. The monoisotopic (exact) mass is 444 g/mol. The van der Waals surface area contributed by atoms with E-state index < -0.39 is 5.91 Å². The molecule has 2 aromatic carbocycles. The highest BCUT2D eigenvalue weighted by Gasteiger charge is 2.13. The number of carbonyl (C=O) groups is 1. The molecule has 2 aromatic rings. The van der Waals surface area contributed by atoms with Crippen molar-refractivity contribution in [3.63, 3.8) is 0 Å². The summed E-state index contributed by atoms with van der Waals surface area (Å²) < 4.78 is 21.9. The second kappa shape index (κ2) is 12.4. The molecule has 0 atom stereocenters. The highest BCUT2D eigenvalue weighted by molar-refractivity contribution is 6.32. The zero-order valence-corrected chi connectivity index (χ0v) is 18.5. The topological polar surface area (TPSA) is 78.4 Å². The first-order valence-electron chi connectivity index (χ1n) is 9.70. The van der Waals surface area contributed by atoms with Crippen LogP contribution in [0.15, 0.2) is 35.4 Å². The number of hydrogen-bond donors (Lipinski definition) is 1. The number of nitrogens with zero attached hydrogens (tertiary/aromatic N) is 1. The van der Waals surface area contributed by atoms with Gasteiger partial charge in [0, 0.05) is 5.56 Å². The first-order chi connectivity index (χ1) is 15.0. The van der Waals surface area contributed by atoms with E-state index in [1.54, 1.807) is 30.3 Å². The van der Waals surface area contributed by atoms with Crippen molar-refractivity contribution in [1.82, 2.24) is 5.43 Å². The standard InChI is InChI=1S/C23H25ClN2O5/c1-5-10-30-19-9-8-17(14-20(19)28-4)23(27)26-25-15-16-12-18(24)22(31-11-6-2)21(13-16)29-7-3/h2,8-9,12-15H,5,7,10-11H2,1,3-4H3,(H,26,27)/b25-15+. The second-order valence-corrected chi connectivity index (χ2v) is 6.58. The first kappa shape index (κ1) is 23.9. The van der Waals surface area contributed by atoms with Crippen molar-refractivity contribution in [2.75, 3.05) is 26.9 Å². The molecule has 0 fully saturated rings. The van der Waals surface area contributed by atoms with E-state index in [-0.39, 0.29) is 6.61 Å². The Morgan fingerprint density at radius 1 is 1.16 bits per heavy atom. The fourth-order valence-electron chi connectivity index (χ4n) is 2.55. The van der Waals surface area contributed by atoms with Crippen LogP contribution in [0.4, 0.5) is 0 Å². The van der Waals surface area contributed by atoms with Gasteiger partial charge in [-0.2, -0.15) is 5.10 Å². The van der Waals surface area contributed by atoms with Gasteiger partial charge in [0.2, 0.25) is 0 Å². The number of rotatable bonds is 11. The van der Waals surface area contributed by atoms with Crippen LogP contribution in [0, 0.1) is 12.3 Å². The lowest BCUT2D eigenvalue weighted by molar-refractivity contribution is 0.0954. The fraction of sp³-hybridized carbons (Fsp3) is 0.304. The summed E-state index contributed by atoms with van der Waals surface area (Å²) in [6.45, 7) is 4.89. The van der Waals surface area contributed by atoms with E-state index in [1.165, 1.54) is 13.3 Å². The Hall–Kier alpha value is -3.37. The van der Waals surface area contributed by atoms with Gasteiger partial charge < -0.3 is 18.9 Å². The molecule has 0 unspecified atom stereocenters. The van der Waals surface area contributed by atoms with Crippen LogP contribution < -0.4 is 24.4 Å². The molecule has 164 valence electrons. The summed E-state index contributed by atoms with van der Waals surface area (Å²) in [5, 5.41) is 4.32. The van der Waals surface area contributed by atoms with Gasteiger partial charge >= 0.3 is 0 Å². The van der Waals surface area contributed by atoms with Crippen LogP contribution >= 0.6 is 11.6 Å². The van der Waals surface area contributed by atoms with Crippen molar-refractivity contribution >= 4 is 23.7 Å². The predicted octanol–water partition coefficient (Wildman–Crippen LogP) is 4.31. The van der Waals surface area contributed by atoms with Gasteiger partial charge in [0.1, 0.15) is 6.61 Å². The van der Waals surface area contributed by atoms with Crippen LogP contribution in [0.25, 0.3) is 0 Å². The van der Waals surface area contributed by atoms with E-state index in [9.17, 15) is 4.79 Å². The minimum Gasteiger partial charge on any atom is -0.493 e. The number of benzene rings is 2. The van der Waals surface area contributed by atoms with Gasteiger partial charge in [-0.25, -0.2) is 5.43 Å². The molecule has 0 aliphatic heterocycles. The van der Waals surface area contributed by atoms with Crippen LogP contribution in [-0.4, -0.2) is 39.1 Å². The molecule has 7 nitrogen and oxygen atoms in total. The largest absolute Gasteiger partial charge is 0.493 e. The molecule has 0 heterocycles. The Morgan fingerprint density at radius 2 is 1.97 bits per heavy atom. The molecule has 1 amide bonds. The van der Waals surface area contributed by atoms with Gasteiger partial charge in [0.05, 0.1) is 31.6 Å².